The fourth-order valence-electron chi connectivity index (χ4n) is 4.73. The zero-order chi connectivity index (χ0) is 34.7. The van der Waals surface area contributed by atoms with Gasteiger partial charge in [-0.1, -0.05) is 97.3 Å². The summed E-state index contributed by atoms with van der Waals surface area (Å²) in [7, 11) is 0. The van der Waals surface area contributed by atoms with E-state index in [9.17, 15) is 19.5 Å². The van der Waals surface area contributed by atoms with E-state index in [1.807, 2.05) is 36.4 Å². The van der Waals surface area contributed by atoms with Gasteiger partial charge in [0.05, 0.1) is 42.9 Å². The number of carbonyl (C=O) groups excluding carboxylic acids is 3. The molecule has 0 amide bonds. The molecule has 4 aromatic rings. The van der Waals surface area contributed by atoms with E-state index in [2.05, 4.69) is 23.5 Å². The van der Waals surface area contributed by atoms with Gasteiger partial charge in [0.1, 0.15) is 24.4 Å². The van der Waals surface area contributed by atoms with Crippen LogP contribution in [-0.2, 0) is 17.6 Å². The summed E-state index contributed by atoms with van der Waals surface area (Å²) in [4.78, 5) is 40.4. The van der Waals surface area contributed by atoms with Crippen LogP contribution in [0.15, 0.2) is 97.1 Å². The number of rotatable bonds is 6. The molecule has 0 fully saturated rings. The Hall–Kier alpha value is -4.97. The predicted molar refractivity (Wildman–Crippen MR) is 186 cm³/mol. The van der Waals surface area contributed by atoms with E-state index in [0.717, 1.165) is 35.1 Å². The first-order valence-corrected chi connectivity index (χ1v) is 15.7. The van der Waals surface area contributed by atoms with E-state index in [1.165, 1.54) is 6.42 Å². The monoisotopic (exact) mass is 650 g/mol. The van der Waals surface area contributed by atoms with Crippen LogP contribution in [0.25, 0.3) is 9.69 Å². The molecular weight excluding hydrogens is 611 g/mol. The summed E-state index contributed by atoms with van der Waals surface area (Å²) in [5.41, 5.74) is 4.10. The molecule has 2 aliphatic rings. The van der Waals surface area contributed by atoms with E-state index in [-0.39, 0.29) is 37.0 Å². The number of aliphatic hydroxyl groups is 1. The van der Waals surface area contributed by atoms with Gasteiger partial charge in [-0.3, -0.25) is 9.59 Å². The molecule has 0 saturated carbocycles. The van der Waals surface area contributed by atoms with Gasteiger partial charge in [-0.2, -0.15) is 6.42 Å². The summed E-state index contributed by atoms with van der Waals surface area (Å²) in [6.07, 6.45) is 3.51. The topological polar surface area (TPSA) is 98.6 Å². The number of ketones is 2. The number of aliphatic hydroxyl groups excluding tert-OH is 1. The zero-order valence-corrected chi connectivity index (χ0v) is 28.0. The molecule has 4 aromatic carbocycles. The van der Waals surface area contributed by atoms with Gasteiger partial charge < -0.3 is 26.3 Å². The SMILES string of the molecule is O=C1CCOc2ccccc21.[C-]#[N+]c1cccc(CC(O)C2COc3ccccc3C2=O)c1.[C-]#[N+]c1cccc(CC=O)c1.[CH2-]CCC.[Li+]. The number of Topliss-reactive ketones (excluding diaryl/α,β-unsaturated/α-hetero) is 2. The normalized spacial score (nSPS) is 14.1. The molecule has 0 saturated heterocycles. The summed E-state index contributed by atoms with van der Waals surface area (Å²) < 4.78 is 10.9. The number of hydrogen-bond donors (Lipinski definition) is 1. The summed E-state index contributed by atoms with van der Waals surface area (Å²) in [6.45, 7) is 20.2. The van der Waals surface area contributed by atoms with Gasteiger partial charge in [-0.15, -0.1) is 0 Å². The van der Waals surface area contributed by atoms with E-state index in [0.29, 0.717) is 48.6 Å². The number of para-hydroxylation sites is 2. The van der Waals surface area contributed by atoms with Crippen LogP contribution >= 0.6 is 0 Å². The molecule has 2 aliphatic heterocycles. The van der Waals surface area contributed by atoms with E-state index in [1.54, 1.807) is 60.7 Å². The van der Waals surface area contributed by atoms with Crippen LogP contribution in [0.2, 0.25) is 0 Å². The summed E-state index contributed by atoms with van der Waals surface area (Å²) in [6, 6.07) is 28.6. The van der Waals surface area contributed by atoms with Crippen molar-refractivity contribution in [1.82, 2.24) is 0 Å². The molecule has 2 unspecified atom stereocenters. The van der Waals surface area contributed by atoms with Gasteiger partial charge >= 0.3 is 18.9 Å². The molecule has 49 heavy (non-hydrogen) atoms. The summed E-state index contributed by atoms with van der Waals surface area (Å²) in [5, 5.41) is 10.4. The maximum Gasteiger partial charge on any atom is 1.00 e. The molecule has 0 aliphatic carbocycles. The van der Waals surface area contributed by atoms with E-state index >= 15 is 0 Å². The van der Waals surface area contributed by atoms with Crippen molar-refractivity contribution < 1.29 is 47.8 Å². The van der Waals surface area contributed by atoms with Crippen LogP contribution in [0.4, 0.5) is 11.4 Å². The van der Waals surface area contributed by atoms with Crippen LogP contribution in [0, 0.1) is 26.0 Å². The molecule has 0 bridgehead atoms. The molecule has 8 nitrogen and oxygen atoms in total. The van der Waals surface area contributed by atoms with Crippen molar-refractivity contribution in [1.29, 1.82) is 0 Å². The fourth-order valence-corrected chi connectivity index (χ4v) is 4.73. The number of aldehydes is 1. The average Bonchev–Trinajstić information content (AvgIpc) is 3.13. The second kappa shape index (κ2) is 21.8. The van der Waals surface area contributed by atoms with Crippen LogP contribution in [0.1, 0.15) is 58.0 Å². The minimum Gasteiger partial charge on any atom is -0.492 e. The first kappa shape index (κ1) is 40.2. The number of carbonyl (C=O) groups is 3. The standard InChI is InChI=1S/C18H15NO3.C9H7NO.C9H8O2.C4H9.Li/c1-19-13-6-4-5-12(9-13)10-16(20)15-11-22-17-8-3-2-7-14(17)18(15)21;1-10-9-4-2-3-8(7-9)5-6-11;10-8-5-6-11-9-4-2-1-3-7(8)9;1-3-4-2;/h2-9,15-16,20H,10-11H2;2-4,6-7H,5H2;1-4H,5-6H2;1,3-4H2,2H3;/q;;;-1;+1. The Labute approximate surface area is 300 Å². The molecule has 6 rings (SSSR count). The Balaban J connectivity index is 0.000000260. The molecule has 0 aromatic heterocycles. The third-order valence-corrected chi connectivity index (χ3v) is 7.34. The first-order chi connectivity index (χ1) is 23.3. The smallest absolute Gasteiger partial charge is 0.492 e. The Morgan fingerprint density at radius 1 is 0.857 bits per heavy atom. The second-order valence-electron chi connectivity index (χ2n) is 10.9. The molecule has 0 radical (unpaired) electrons. The summed E-state index contributed by atoms with van der Waals surface area (Å²) >= 11 is 0. The van der Waals surface area contributed by atoms with Crippen LogP contribution in [-0.4, -0.2) is 42.3 Å². The third kappa shape index (κ3) is 12.5. The minimum absolute atomic E-state index is 0. The van der Waals surface area contributed by atoms with Gasteiger partial charge in [0.15, 0.2) is 22.9 Å². The quantitative estimate of drug-likeness (QED) is 0.173. The molecule has 1 N–H and O–H groups in total. The minimum atomic E-state index is -0.832. The first-order valence-electron chi connectivity index (χ1n) is 15.7. The van der Waals surface area contributed by atoms with Crippen molar-refractivity contribution in [3.8, 4) is 11.5 Å². The van der Waals surface area contributed by atoms with Gasteiger partial charge in [0, 0.05) is 12.8 Å². The van der Waals surface area contributed by atoms with E-state index in [4.69, 9.17) is 22.6 Å². The van der Waals surface area contributed by atoms with Crippen molar-refractivity contribution in [3.63, 3.8) is 0 Å². The maximum atomic E-state index is 12.5. The van der Waals surface area contributed by atoms with Gasteiger partial charge in [-0.05, 0) is 30.7 Å². The van der Waals surface area contributed by atoms with E-state index < -0.39 is 12.0 Å². The zero-order valence-electron chi connectivity index (χ0n) is 28.0. The molecule has 246 valence electrons. The maximum absolute atomic E-state index is 12.5. The Bertz CT molecular complexity index is 1760. The number of hydrogen-bond acceptors (Lipinski definition) is 6. The number of ether oxygens (including phenoxy) is 2. The van der Waals surface area contributed by atoms with Gasteiger partial charge in [0.2, 0.25) is 0 Å². The number of fused-ring (bicyclic) bond motifs is 2. The van der Waals surface area contributed by atoms with Gasteiger partial charge in [0.25, 0.3) is 0 Å². The number of nitrogens with zero attached hydrogens (tertiary/aromatic N) is 2. The van der Waals surface area contributed by atoms with Crippen LogP contribution in [0.5, 0.6) is 11.5 Å². The number of unbranched alkanes of at least 4 members (excludes halogenated alkanes) is 1. The average molecular weight is 651 g/mol. The largest absolute Gasteiger partial charge is 1.00 e. The van der Waals surface area contributed by atoms with Crippen molar-refractivity contribution >= 4 is 29.2 Å². The third-order valence-electron chi connectivity index (χ3n) is 7.34. The van der Waals surface area contributed by atoms with Gasteiger partial charge in [-0.25, -0.2) is 9.69 Å². The summed E-state index contributed by atoms with van der Waals surface area (Å²) in [5.74, 6) is 0.823. The van der Waals surface area contributed by atoms with Crippen molar-refractivity contribution in [3.05, 3.63) is 149 Å². The van der Waals surface area contributed by atoms with Crippen LogP contribution < -0.4 is 28.3 Å². The number of benzene rings is 4. The Kier molecular flexibility index (Phi) is 17.9. The molecular formula is C40H39LiN2O6. The van der Waals surface area contributed by atoms with Crippen molar-refractivity contribution in [2.75, 3.05) is 13.2 Å². The molecule has 2 atom stereocenters. The molecule has 2 heterocycles. The predicted octanol–water partition coefficient (Wildman–Crippen LogP) is 5.29. The van der Waals surface area contributed by atoms with Crippen molar-refractivity contribution in [2.24, 2.45) is 5.92 Å². The fraction of sp³-hybridized carbons (Fsp3) is 0.250. The second-order valence-corrected chi connectivity index (χ2v) is 10.9. The molecule has 0 spiro atoms. The Morgan fingerprint density at radius 3 is 1.98 bits per heavy atom. The Morgan fingerprint density at radius 2 is 1.41 bits per heavy atom. The van der Waals surface area contributed by atoms with Crippen LogP contribution in [0.3, 0.4) is 0 Å². The van der Waals surface area contributed by atoms with Crippen molar-refractivity contribution in [2.45, 2.75) is 45.1 Å². The molecule has 9 heteroatoms.